The summed E-state index contributed by atoms with van der Waals surface area (Å²) in [7, 11) is 0. The fourth-order valence-corrected chi connectivity index (χ4v) is 1.91. The minimum Gasteiger partial charge on any atom is -0.330 e. The normalized spacial score (nSPS) is 11.3. The highest BCUT2D eigenvalue weighted by Crippen LogP contribution is 2.10. The van der Waals surface area contributed by atoms with Crippen LogP contribution >= 0.6 is 11.6 Å². The molecule has 0 aliphatic heterocycles. The molecule has 0 atom stereocenters. The van der Waals surface area contributed by atoms with E-state index in [0.717, 1.165) is 17.8 Å². The van der Waals surface area contributed by atoms with E-state index in [1.807, 2.05) is 23.4 Å². The fraction of sp³-hybridized carbons (Fsp3) is 0.545. The van der Waals surface area contributed by atoms with E-state index < -0.39 is 0 Å². The minimum absolute atomic E-state index is 0.401. The quantitative estimate of drug-likeness (QED) is 0.765. The van der Waals surface area contributed by atoms with Gasteiger partial charge in [0.15, 0.2) is 0 Å². The van der Waals surface area contributed by atoms with Gasteiger partial charge < -0.3 is 4.57 Å². The largest absolute Gasteiger partial charge is 0.330 e. The molecule has 6 heteroatoms. The molecule has 2 rings (SSSR count). The van der Waals surface area contributed by atoms with Gasteiger partial charge in [-0.3, -0.25) is 0 Å². The Balaban J connectivity index is 2.11. The van der Waals surface area contributed by atoms with E-state index in [1.54, 1.807) is 0 Å². The lowest BCUT2D eigenvalue weighted by Gasteiger charge is -2.11. The standard InChI is InChI=1S/C11H16ClN5/c1-9(2)17-8-13-5-11(17)7-16-6-10(3-4-12)14-15-16/h5-6,8-9H,3-4,7H2,1-2H3. The van der Waals surface area contributed by atoms with Crippen LogP contribution in [0.25, 0.3) is 0 Å². The lowest BCUT2D eigenvalue weighted by Crippen LogP contribution is -2.09. The van der Waals surface area contributed by atoms with Gasteiger partial charge in [-0.2, -0.15) is 0 Å². The molecule has 0 unspecified atom stereocenters. The zero-order valence-corrected chi connectivity index (χ0v) is 10.8. The number of nitrogens with zero attached hydrogens (tertiary/aromatic N) is 5. The van der Waals surface area contributed by atoms with Crippen molar-refractivity contribution in [3.63, 3.8) is 0 Å². The van der Waals surface area contributed by atoms with Crippen LogP contribution in [0.4, 0.5) is 0 Å². The molecule has 92 valence electrons. The van der Waals surface area contributed by atoms with Crippen molar-refractivity contribution in [3.8, 4) is 0 Å². The monoisotopic (exact) mass is 253 g/mol. The number of imidazole rings is 1. The Morgan fingerprint density at radius 2 is 2.24 bits per heavy atom. The maximum atomic E-state index is 5.66. The first kappa shape index (κ1) is 12.1. The minimum atomic E-state index is 0.401. The van der Waals surface area contributed by atoms with Crippen molar-refractivity contribution in [2.24, 2.45) is 0 Å². The van der Waals surface area contributed by atoms with Crippen LogP contribution in [0.2, 0.25) is 0 Å². The molecule has 0 aliphatic carbocycles. The van der Waals surface area contributed by atoms with Crippen LogP contribution in [0, 0.1) is 0 Å². The molecule has 0 amide bonds. The molecule has 2 heterocycles. The summed E-state index contributed by atoms with van der Waals surface area (Å²) in [5.41, 5.74) is 2.05. The zero-order valence-electron chi connectivity index (χ0n) is 10.0. The summed E-state index contributed by atoms with van der Waals surface area (Å²) >= 11 is 5.66. The number of hydrogen-bond donors (Lipinski definition) is 0. The molecule has 0 spiro atoms. The van der Waals surface area contributed by atoms with E-state index in [-0.39, 0.29) is 0 Å². The number of halogens is 1. The predicted molar refractivity (Wildman–Crippen MR) is 66.2 cm³/mol. The van der Waals surface area contributed by atoms with Crippen LogP contribution in [0.1, 0.15) is 31.3 Å². The summed E-state index contributed by atoms with van der Waals surface area (Å²) in [4.78, 5) is 4.16. The second kappa shape index (κ2) is 5.31. The molecule has 0 fully saturated rings. The molecular formula is C11H16ClN5. The predicted octanol–water partition coefficient (Wildman–Crippen LogP) is 1.89. The Hall–Kier alpha value is -1.36. The van der Waals surface area contributed by atoms with Gasteiger partial charge in [-0.05, 0) is 13.8 Å². The summed E-state index contributed by atoms with van der Waals surface area (Å²) in [5.74, 6) is 0.572. The zero-order chi connectivity index (χ0) is 12.3. The highest BCUT2D eigenvalue weighted by molar-refractivity contribution is 6.17. The number of rotatable bonds is 5. The van der Waals surface area contributed by atoms with Crippen molar-refractivity contribution in [2.75, 3.05) is 5.88 Å². The number of aryl methyl sites for hydroxylation is 1. The molecular weight excluding hydrogens is 238 g/mol. The second-order valence-corrected chi connectivity index (χ2v) is 4.61. The van der Waals surface area contributed by atoms with Gasteiger partial charge in [0.2, 0.25) is 0 Å². The van der Waals surface area contributed by atoms with Gasteiger partial charge in [-0.1, -0.05) is 5.21 Å². The van der Waals surface area contributed by atoms with Crippen LogP contribution in [0.3, 0.4) is 0 Å². The van der Waals surface area contributed by atoms with Crippen molar-refractivity contribution in [1.82, 2.24) is 24.5 Å². The van der Waals surface area contributed by atoms with Crippen LogP contribution in [-0.2, 0) is 13.0 Å². The van der Waals surface area contributed by atoms with Gasteiger partial charge in [0.25, 0.3) is 0 Å². The van der Waals surface area contributed by atoms with E-state index in [0.29, 0.717) is 18.5 Å². The SMILES string of the molecule is CC(C)n1cncc1Cn1cc(CCCl)nn1. The summed E-state index contributed by atoms with van der Waals surface area (Å²) in [6.07, 6.45) is 6.39. The third-order valence-electron chi connectivity index (χ3n) is 2.56. The lowest BCUT2D eigenvalue weighted by molar-refractivity contribution is 0.541. The van der Waals surface area contributed by atoms with Crippen molar-refractivity contribution >= 4 is 11.6 Å². The second-order valence-electron chi connectivity index (χ2n) is 4.23. The molecule has 0 aromatic carbocycles. The Labute approximate surface area is 105 Å². The molecule has 2 aromatic heterocycles. The van der Waals surface area contributed by atoms with Gasteiger partial charge in [-0.15, -0.1) is 16.7 Å². The van der Waals surface area contributed by atoms with E-state index in [1.165, 1.54) is 0 Å². The Morgan fingerprint density at radius 1 is 1.41 bits per heavy atom. The van der Waals surface area contributed by atoms with Crippen LogP contribution < -0.4 is 0 Å². The Bertz CT molecular complexity index is 474. The average Bonchev–Trinajstić information content (AvgIpc) is 2.89. The first-order valence-electron chi connectivity index (χ1n) is 5.66. The van der Waals surface area contributed by atoms with E-state index >= 15 is 0 Å². The first-order chi connectivity index (χ1) is 8.20. The van der Waals surface area contributed by atoms with Gasteiger partial charge in [0.05, 0.1) is 30.5 Å². The van der Waals surface area contributed by atoms with E-state index in [2.05, 4.69) is 33.7 Å². The summed E-state index contributed by atoms with van der Waals surface area (Å²) in [6, 6.07) is 0.401. The highest BCUT2D eigenvalue weighted by Gasteiger charge is 2.07. The number of hydrogen-bond acceptors (Lipinski definition) is 3. The Kier molecular flexibility index (Phi) is 3.78. The maximum absolute atomic E-state index is 5.66. The van der Waals surface area contributed by atoms with Crippen molar-refractivity contribution < 1.29 is 0 Å². The van der Waals surface area contributed by atoms with E-state index in [4.69, 9.17) is 11.6 Å². The summed E-state index contributed by atoms with van der Waals surface area (Å²) in [5, 5.41) is 8.14. The summed E-state index contributed by atoms with van der Waals surface area (Å²) < 4.78 is 3.95. The van der Waals surface area contributed by atoms with Crippen molar-refractivity contribution in [1.29, 1.82) is 0 Å². The Morgan fingerprint density at radius 3 is 2.94 bits per heavy atom. The molecule has 0 saturated carbocycles. The topological polar surface area (TPSA) is 48.5 Å². The van der Waals surface area contributed by atoms with Crippen LogP contribution in [-0.4, -0.2) is 30.4 Å². The van der Waals surface area contributed by atoms with Gasteiger partial charge in [0, 0.05) is 24.5 Å². The molecule has 0 radical (unpaired) electrons. The molecule has 0 N–H and O–H groups in total. The van der Waals surface area contributed by atoms with Gasteiger partial charge in [-0.25, -0.2) is 9.67 Å². The third-order valence-corrected chi connectivity index (χ3v) is 2.75. The van der Waals surface area contributed by atoms with Crippen LogP contribution in [0.5, 0.6) is 0 Å². The molecule has 0 saturated heterocycles. The molecule has 0 aliphatic rings. The van der Waals surface area contributed by atoms with E-state index in [9.17, 15) is 0 Å². The van der Waals surface area contributed by atoms with Gasteiger partial charge >= 0.3 is 0 Å². The summed E-state index contributed by atoms with van der Waals surface area (Å²) in [6.45, 7) is 4.95. The molecule has 2 aromatic rings. The maximum Gasteiger partial charge on any atom is 0.0951 e. The first-order valence-corrected chi connectivity index (χ1v) is 6.20. The number of alkyl halides is 1. The molecule has 5 nitrogen and oxygen atoms in total. The molecule has 17 heavy (non-hydrogen) atoms. The average molecular weight is 254 g/mol. The number of aromatic nitrogens is 5. The van der Waals surface area contributed by atoms with Crippen molar-refractivity contribution in [3.05, 3.63) is 30.1 Å². The molecule has 0 bridgehead atoms. The smallest absolute Gasteiger partial charge is 0.0951 e. The van der Waals surface area contributed by atoms with Gasteiger partial charge in [0.1, 0.15) is 0 Å². The van der Waals surface area contributed by atoms with Crippen LogP contribution in [0.15, 0.2) is 18.7 Å². The third kappa shape index (κ3) is 2.85. The van der Waals surface area contributed by atoms with Crippen molar-refractivity contribution in [2.45, 2.75) is 32.9 Å². The lowest BCUT2D eigenvalue weighted by atomic mass is 10.3. The fourth-order valence-electron chi connectivity index (χ4n) is 1.71. The highest BCUT2D eigenvalue weighted by atomic mass is 35.5.